The van der Waals surface area contributed by atoms with Crippen molar-refractivity contribution in [1.82, 2.24) is 9.88 Å². The highest BCUT2D eigenvalue weighted by Gasteiger charge is 2.37. The zero-order valence-electron chi connectivity index (χ0n) is 14.0. The third-order valence-corrected chi connectivity index (χ3v) is 4.51. The van der Waals surface area contributed by atoms with Gasteiger partial charge in [0.2, 0.25) is 0 Å². The normalized spacial score (nSPS) is 20.2. The summed E-state index contributed by atoms with van der Waals surface area (Å²) >= 11 is 0. The van der Waals surface area contributed by atoms with Crippen molar-refractivity contribution in [2.24, 2.45) is 5.92 Å². The molecule has 1 aromatic carbocycles. The van der Waals surface area contributed by atoms with Crippen molar-refractivity contribution >= 4 is 5.91 Å². The van der Waals surface area contributed by atoms with Gasteiger partial charge in [0.1, 0.15) is 5.75 Å². The van der Waals surface area contributed by atoms with E-state index in [1.54, 1.807) is 26.5 Å². The molecule has 5 heteroatoms. The Labute approximate surface area is 142 Å². The SMILES string of the molecule is COC[C@@H]1CN(C(=O)c2ccccc2OC)C[C@H]1c1ccccn1. The predicted molar refractivity (Wildman–Crippen MR) is 91.2 cm³/mol. The number of hydrogen-bond donors (Lipinski definition) is 0. The molecular weight excluding hydrogens is 304 g/mol. The van der Waals surface area contributed by atoms with Gasteiger partial charge in [-0.3, -0.25) is 9.78 Å². The summed E-state index contributed by atoms with van der Waals surface area (Å²) in [5, 5.41) is 0. The lowest BCUT2D eigenvalue weighted by Gasteiger charge is -2.18. The molecule has 5 nitrogen and oxygen atoms in total. The summed E-state index contributed by atoms with van der Waals surface area (Å²) in [4.78, 5) is 19.3. The third-order valence-electron chi connectivity index (χ3n) is 4.51. The number of carbonyl (C=O) groups excluding carboxylic acids is 1. The van der Waals surface area contributed by atoms with Crippen LogP contribution in [0.4, 0.5) is 0 Å². The largest absolute Gasteiger partial charge is 0.496 e. The van der Waals surface area contributed by atoms with Gasteiger partial charge in [-0.25, -0.2) is 0 Å². The lowest BCUT2D eigenvalue weighted by Crippen LogP contribution is -2.29. The molecule has 0 radical (unpaired) electrons. The van der Waals surface area contributed by atoms with E-state index < -0.39 is 0 Å². The molecule has 1 fully saturated rings. The van der Waals surface area contributed by atoms with Crippen LogP contribution < -0.4 is 4.74 Å². The zero-order chi connectivity index (χ0) is 16.9. The number of rotatable bonds is 5. The number of amides is 1. The van der Waals surface area contributed by atoms with Crippen molar-refractivity contribution in [2.45, 2.75) is 5.92 Å². The molecule has 1 saturated heterocycles. The van der Waals surface area contributed by atoms with Crippen LogP contribution in [-0.4, -0.2) is 49.7 Å². The molecule has 0 spiro atoms. The minimum Gasteiger partial charge on any atom is -0.496 e. The summed E-state index contributed by atoms with van der Waals surface area (Å²) in [6, 6.07) is 13.2. The summed E-state index contributed by atoms with van der Waals surface area (Å²) in [7, 11) is 3.28. The molecule has 0 saturated carbocycles. The molecule has 0 aliphatic carbocycles. The molecule has 1 aromatic heterocycles. The summed E-state index contributed by atoms with van der Waals surface area (Å²) < 4.78 is 10.7. The summed E-state index contributed by atoms with van der Waals surface area (Å²) in [6.45, 7) is 1.91. The molecule has 2 heterocycles. The number of para-hydroxylation sites is 1. The number of pyridine rings is 1. The fraction of sp³-hybridized carbons (Fsp3) is 0.368. The number of hydrogen-bond acceptors (Lipinski definition) is 4. The average molecular weight is 326 g/mol. The van der Waals surface area contributed by atoms with E-state index in [-0.39, 0.29) is 17.7 Å². The van der Waals surface area contributed by atoms with Crippen LogP contribution in [0.2, 0.25) is 0 Å². The first-order valence-electron chi connectivity index (χ1n) is 8.06. The highest BCUT2D eigenvalue weighted by molar-refractivity contribution is 5.97. The van der Waals surface area contributed by atoms with Gasteiger partial charge in [-0.2, -0.15) is 0 Å². The van der Waals surface area contributed by atoms with Crippen molar-refractivity contribution in [3.63, 3.8) is 0 Å². The standard InChI is InChI=1S/C19H22N2O3/c1-23-13-14-11-21(12-16(14)17-8-5-6-10-20-17)19(22)15-7-3-4-9-18(15)24-2/h3-10,14,16H,11-13H2,1-2H3/t14-,16+/m0/s1. The van der Waals surface area contributed by atoms with Crippen molar-refractivity contribution in [3.8, 4) is 5.75 Å². The Kier molecular flexibility index (Phi) is 5.11. The van der Waals surface area contributed by atoms with Gasteiger partial charge in [0.25, 0.3) is 5.91 Å². The molecule has 0 N–H and O–H groups in total. The topological polar surface area (TPSA) is 51.7 Å². The number of likely N-dealkylation sites (tertiary alicyclic amines) is 1. The maximum Gasteiger partial charge on any atom is 0.257 e. The number of benzene rings is 1. The first-order chi connectivity index (χ1) is 11.7. The molecule has 126 valence electrons. The lowest BCUT2D eigenvalue weighted by atomic mass is 9.93. The second-order valence-corrected chi connectivity index (χ2v) is 5.99. The van der Waals surface area contributed by atoms with Gasteiger partial charge >= 0.3 is 0 Å². The van der Waals surface area contributed by atoms with Crippen molar-refractivity contribution in [3.05, 3.63) is 59.9 Å². The Morgan fingerprint density at radius 1 is 1.17 bits per heavy atom. The highest BCUT2D eigenvalue weighted by Crippen LogP contribution is 2.33. The molecule has 2 aromatic rings. The Hall–Kier alpha value is -2.40. The van der Waals surface area contributed by atoms with Crippen LogP contribution in [0.3, 0.4) is 0 Å². The van der Waals surface area contributed by atoms with Crippen molar-refractivity contribution < 1.29 is 14.3 Å². The van der Waals surface area contributed by atoms with Crippen molar-refractivity contribution in [1.29, 1.82) is 0 Å². The molecule has 3 rings (SSSR count). The van der Waals surface area contributed by atoms with Gasteiger partial charge in [-0.1, -0.05) is 18.2 Å². The quantitative estimate of drug-likeness (QED) is 0.847. The van der Waals surface area contributed by atoms with Gasteiger partial charge in [0.05, 0.1) is 19.3 Å². The maximum atomic E-state index is 12.9. The monoisotopic (exact) mass is 326 g/mol. The highest BCUT2D eigenvalue weighted by atomic mass is 16.5. The number of carbonyl (C=O) groups is 1. The smallest absolute Gasteiger partial charge is 0.257 e. The maximum absolute atomic E-state index is 12.9. The average Bonchev–Trinajstić information content (AvgIpc) is 3.06. The minimum atomic E-state index is -0.00742. The fourth-order valence-corrected chi connectivity index (χ4v) is 3.34. The zero-order valence-corrected chi connectivity index (χ0v) is 14.0. The Bertz CT molecular complexity index is 690. The van der Waals surface area contributed by atoms with Gasteiger partial charge in [-0.15, -0.1) is 0 Å². The van der Waals surface area contributed by atoms with Crippen LogP contribution in [-0.2, 0) is 4.74 Å². The minimum absolute atomic E-state index is 0.00742. The number of methoxy groups -OCH3 is 2. The third kappa shape index (κ3) is 3.26. The number of nitrogens with zero attached hydrogens (tertiary/aromatic N) is 2. The first kappa shape index (κ1) is 16.5. The van der Waals surface area contributed by atoms with Gasteiger partial charge in [-0.05, 0) is 24.3 Å². The van der Waals surface area contributed by atoms with Crippen LogP contribution in [0.15, 0.2) is 48.7 Å². The van der Waals surface area contributed by atoms with Gasteiger partial charge in [0, 0.05) is 43.9 Å². The molecule has 1 aliphatic rings. The molecule has 24 heavy (non-hydrogen) atoms. The van der Waals surface area contributed by atoms with Gasteiger partial charge < -0.3 is 14.4 Å². The Morgan fingerprint density at radius 3 is 2.67 bits per heavy atom. The Balaban J connectivity index is 1.83. The molecule has 2 atom stereocenters. The molecule has 1 aliphatic heterocycles. The summed E-state index contributed by atoms with van der Waals surface area (Å²) in [5.41, 5.74) is 1.60. The molecule has 0 bridgehead atoms. The van der Waals surface area contributed by atoms with E-state index in [0.717, 1.165) is 5.69 Å². The predicted octanol–water partition coefficient (Wildman–Crippen LogP) is 2.59. The second-order valence-electron chi connectivity index (χ2n) is 5.99. The summed E-state index contributed by atoms with van der Waals surface area (Å²) in [5.74, 6) is 1.02. The molecule has 0 unspecified atom stereocenters. The van der Waals surface area contributed by atoms with Crippen LogP contribution in [0.25, 0.3) is 0 Å². The molecular formula is C19H22N2O3. The van der Waals surface area contributed by atoms with E-state index in [9.17, 15) is 4.79 Å². The molecule has 1 amide bonds. The van der Waals surface area contributed by atoms with E-state index in [1.807, 2.05) is 41.3 Å². The number of ether oxygens (including phenoxy) is 2. The van der Waals surface area contributed by atoms with Crippen LogP contribution in [0.1, 0.15) is 22.0 Å². The van der Waals surface area contributed by atoms with Crippen LogP contribution in [0, 0.1) is 5.92 Å². The Morgan fingerprint density at radius 2 is 1.96 bits per heavy atom. The summed E-state index contributed by atoms with van der Waals surface area (Å²) in [6.07, 6.45) is 1.80. The fourth-order valence-electron chi connectivity index (χ4n) is 3.34. The van der Waals surface area contributed by atoms with E-state index in [0.29, 0.717) is 31.0 Å². The first-order valence-corrected chi connectivity index (χ1v) is 8.06. The van der Waals surface area contributed by atoms with E-state index in [4.69, 9.17) is 9.47 Å². The van der Waals surface area contributed by atoms with E-state index >= 15 is 0 Å². The number of aromatic nitrogens is 1. The van der Waals surface area contributed by atoms with Gasteiger partial charge in [0.15, 0.2) is 0 Å². The van der Waals surface area contributed by atoms with Crippen LogP contribution >= 0.6 is 0 Å². The van der Waals surface area contributed by atoms with E-state index in [2.05, 4.69) is 4.98 Å². The lowest BCUT2D eigenvalue weighted by molar-refractivity contribution is 0.0772. The van der Waals surface area contributed by atoms with Crippen LogP contribution in [0.5, 0.6) is 5.75 Å². The second kappa shape index (κ2) is 7.45. The van der Waals surface area contributed by atoms with E-state index in [1.165, 1.54) is 0 Å². The van der Waals surface area contributed by atoms with Crippen molar-refractivity contribution in [2.75, 3.05) is 33.9 Å².